The summed E-state index contributed by atoms with van der Waals surface area (Å²) < 4.78 is 18.7. The van der Waals surface area contributed by atoms with Crippen LogP contribution in [0.5, 0.6) is 5.75 Å². The van der Waals surface area contributed by atoms with Crippen LogP contribution in [-0.4, -0.2) is 18.8 Å². The van der Waals surface area contributed by atoms with Gasteiger partial charge in [-0.25, -0.2) is 4.39 Å². The van der Waals surface area contributed by atoms with Gasteiger partial charge in [0.05, 0.1) is 5.69 Å². The number of benzene rings is 2. The van der Waals surface area contributed by atoms with E-state index in [0.29, 0.717) is 17.6 Å². The number of amides is 1. The van der Waals surface area contributed by atoms with Crippen molar-refractivity contribution < 1.29 is 18.7 Å². The van der Waals surface area contributed by atoms with Crippen molar-refractivity contribution in [3.05, 3.63) is 58.9 Å². The molecule has 1 N–H and O–H groups in total. The van der Waals surface area contributed by atoms with Gasteiger partial charge in [0.1, 0.15) is 17.9 Å². The van der Waals surface area contributed by atoms with Crippen LogP contribution in [0.2, 0.25) is 5.02 Å². The Bertz CT molecular complexity index is 658. The second kappa shape index (κ2) is 6.85. The monoisotopic (exact) mass is 307 g/mol. The summed E-state index contributed by atoms with van der Waals surface area (Å²) in [6, 6.07) is 10.2. The molecule has 0 atom stereocenters. The zero-order valence-corrected chi connectivity index (χ0v) is 11.6. The minimum atomic E-state index is -0.619. The molecular weight excluding hydrogens is 297 g/mol. The van der Waals surface area contributed by atoms with Gasteiger partial charge in [-0.05, 0) is 42.5 Å². The fourth-order valence-corrected chi connectivity index (χ4v) is 1.73. The van der Waals surface area contributed by atoms with Crippen molar-refractivity contribution in [2.45, 2.75) is 0 Å². The molecule has 0 saturated carbocycles. The minimum absolute atomic E-state index is 0.0318. The first-order valence-corrected chi connectivity index (χ1v) is 6.39. The zero-order valence-electron chi connectivity index (χ0n) is 10.8. The van der Waals surface area contributed by atoms with Gasteiger partial charge < -0.3 is 10.1 Å². The highest BCUT2D eigenvalue weighted by Crippen LogP contribution is 2.19. The van der Waals surface area contributed by atoms with Gasteiger partial charge in [0, 0.05) is 10.6 Å². The average molecular weight is 308 g/mol. The van der Waals surface area contributed by atoms with Crippen LogP contribution in [-0.2, 0) is 4.79 Å². The van der Waals surface area contributed by atoms with E-state index < -0.39 is 11.7 Å². The molecule has 2 aromatic carbocycles. The highest BCUT2D eigenvalue weighted by molar-refractivity contribution is 6.30. The summed E-state index contributed by atoms with van der Waals surface area (Å²) in [4.78, 5) is 22.1. The number of hydrogen-bond donors (Lipinski definition) is 1. The molecular formula is C15H11ClFNO3. The van der Waals surface area contributed by atoms with E-state index in [-0.39, 0.29) is 17.3 Å². The highest BCUT2D eigenvalue weighted by atomic mass is 35.5. The third-order valence-electron chi connectivity index (χ3n) is 2.59. The molecule has 0 unspecified atom stereocenters. The largest absolute Gasteiger partial charge is 0.484 e. The fraction of sp³-hybridized carbons (Fsp3) is 0.0667. The van der Waals surface area contributed by atoms with Crippen LogP contribution in [0.1, 0.15) is 10.4 Å². The maximum Gasteiger partial charge on any atom is 0.262 e. The van der Waals surface area contributed by atoms with Crippen molar-refractivity contribution >= 4 is 29.5 Å². The van der Waals surface area contributed by atoms with Crippen molar-refractivity contribution in [2.24, 2.45) is 0 Å². The van der Waals surface area contributed by atoms with Crippen molar-refractivity contribution in [1.29, 1.82) is 0 Å². The smallest absolute Gasteiger partial charge is 0.262 e. The summed E-state index contributed by atoms with van der Waals surface area (Å²) in [6.07, 6.45) is 0.708. The molecule has 0 spiro atoms. The number of nitrogens with one attached hydrogen (secondary N) is 1. The van der Waals surface area contributed by atoms with Gasteiger partial charge in [0.25, 0.3) is 5.91 Å². The molecule has 0 aromatic heterocycles. The summed E-state index contributed by atoms with van der Waals surface area (Å²) in [6.45, 7) is -0.275. The fourth-order valence-electron chi connectivity index (χ4n) is 1.57. The van der Waals surface area contributed by atoms with E-state index in [1.54, 1.807) is 24.3 Å². The van der Waals surface area contributed by atoms with Gasteiger partial charge in [-0.2, -0.15) is 0 Å². The van der Waals surface area contributed by atoms with Crippen LogP contribution in [0.4, 0.5) is 10.1 Å². The molecule has 2 rings (SSSR count). The van der Waals surface area contributed by atoms with Gasteiger partial charge in [0.15, 0.2) is 6.61 Å². The molecule has 2 aromatic rings. The second-order valence-electron chi connectivity index (χ2n) is 4.15. The van der Waals surface area contributed by atoms with Crippen molar-refractivity contribution in [2.75, 3.05) is 11.9 Å². The predicted molar refractivity (Wildman–Crippen MR) is 77.4 cm³/mol. The van der Waals surface area contributed by atoms with Crippen LogP contribution in [0.15, 0.2) is 42.5 Å². The minimum Gasteiger partial charge on any atom is -0.484 e. The van der Waals surface area contributed by atoms with Gasteiger partial charge in [-0.1, -0.05) is 11.6 Å². The SMILES string of the molecule is O=Cc1ccc(OCC(=O)Nc2ccc(Cl)cc2F)cc1. The lowest BCUT2D eigenvalue weighted by Gasteiger charge is -2.08. The lowest BCUT2D eigenvalue weighted by molar-refractivity contribution is -0.118. The molecule has 4 nitrogen and oxygen atoms in total. The number of ether oxygens (including phenoxy) is 1. The predicted octanol–water partition coefficient (Wildman–Crippen LogP) is 3.31. The quantitative estimate of drug-likeness (QED) is 0.862. The van der Waals surface area contributed by atoms with Crippen molar-refractivity contribution in [3.8, 4) is 5.75 Å². The summed E-state index contributed by atoms with van der Waals surface area (Å²) in [5, 5.41) is 2.62. The lowest BCUT2D eigenvalue weighted by Crippen LogP contribution is -2.20. The molecule has 1 amide bonds. The molecule has 0 bridgehead atoms. The average Bonchev–Trinajstić information content (AvgIpc) is 2.48. The van der Waals surface area contributed by atoms with E-state index in [2.05, 4.69) is 5.32 Å². The third-order valence-corrected chi connectivity index (χ3v) is 2.83. The number of halogens is 2. The number of aldehydes is 1. The molecule has 21 heavy (non-hydrogen) atoms. The molecule has 0 saturated heterocycles. The first-order chi connectivity index (χ1) is 10.1. The standard InChI is InChI=1S/C15H11ClFNO3/c16-11-3-6-14(13(17)7-11)18-15(20)9-21-12-4-1-10(8-19)2-5-12/h1-8H,9H2,(H,18,20). The summed E-state index contributed by atoms with van der Waals surface area (Å²) in [7, 11) is 0. The molecule has 0 aliphatic heterocycles. The van der Waals surface area contributed by atoms with Crippen LogP contribution >= 0.6 is 11.6 Å². The Kier molecular flexibility index (Phi) is 4.90. The van der Waals surface area contributed by atoms with E-state index in [9.17, 15) is 14.0 Å². The van der Waals surface area contributed by atoms with Crippen LogP contribution in [0, 0.1) is 5.82 Å². The first-order valence-electron chi connectivity index (χ1n) is 6.01. The summed E-state index contributed by atoms with van der Waals surface area (Å²) in [5.41, 5.74) is 0.541. The van der Waals surface area contributed by atoms with Gasteiger partial charge >= 0.3 is 0 Å². The van der Waals surface area contributed by atoms with Gasteiger partial charge in [0.2, 0.25) is 0 Å². The van der Waals surface area contributed by atoms with E-state index in [1.807, 2.05) is 0 Å². The van der Waals surface area contributed by atoms with E-state index in [1.165, 1.54) is 12.1 Å². The number of carbonyl (C=O) groups excluding carboxylic acids is 2. The Labute approximate surface area is 125 Å². The maximum atomic E-state index is 13.5. The molecule has 6 heteroatoms. The van der Waals surface area contributed by atoms with Crippen LogP contribution in [0.3, 0.4) is 0 Å². The highest BCUT2D eigenvalue weighted by Gasteiger charge is 2.08. The summed E-state index contributed by atoms with van der Waals surface area (Å²) in [5.74, 6) is -0.686. The number of anilines is 1. The Hall–Kier alpha value is -2.40. The first kappa shape index (κ1) is 15.0. The van der Waals surface area contributed by atoms with Crippen molar-refractivity contribution in [3.63, 3.8) is 0 Å². The number of rotatable bonds is 5. The van der Waals surface area contributed by atoms with Crippen molar-refractivity contribution in [1.82, 2.24) is 0 Å². The molecule has 108 valence electrons. The Morgan fingerprint density at radius 2 is 1.95 bits per heavy atom. The van der Waals surface area contributed by atoms with E-state index in [0.717, 1.165) is 6.07 Å². The maximum absolute atomic E-state index is 13.5. The molecule has 0 radical (unpaired) electrons. The van der Waals surface area contributed by atoms with E-state index in [4.69, 9.17) is 16.3 Å². The van der Waals surface area contributed by atoms with E-state index >= 15 is 0 Å². The Morgan fingerprint density at radius 3 is 2.57 bits per heavy atom. The molecule has 0 heterocycles. The molecule has 0 fully saturated rings. The topological polar surface area (TPSA) is 55.4 Å². The second-order valence-corrected chi connectivity index (χ2v) is 4.58. The molecule has 0 aliphatic carbocycles. The van der Waals surface area contributed by atoms with Gasteiger partial charge in [-0.15, -0.1) is 0 Å². The number of carbonyl (C=O) groups is 2. The Balaban J connectivity index is 1.90. The van der Waals surface area contributed by atoms with Gasteiger partial charge in [-0.3, -0.25) is 9.59 Å². The Morgan fingerprint density at radius 1 is 1.24 bits per heavy atom. The molecule has 0 aliphatic rings. The van der Waals surface area contributed by atoms with Crippen LogP contribution in [0.25, 0.3) is 0 Å². The van der Waals surface area contributed by atoms with Crippen LogP contribution < -0.4 is 10.1 Å². The normalized spacial score (nSPS) is 10.0. The lowest BCUT2D eigenvalue weighted by atomic mass is 10.2. The number of hydrogen-bond acceptors (Lipinski definition) is 3. The third kappa shape index (κ3) is 4.29. The zero-order chi connectivity index (χ0) is 15.2. The summed E-state index contributed by atoms with van der Waals surface area (Å²) >= 11 is 5.62.